The summed E-state index contributed by atoms with van der Waals surface area (Å²) in [7, 11) is 1.92. The monoisotopic (exact) mass is 273 g/mol. The van der Waals surface area contributed by atoms with Gasteiger partial charge in [-0.05, 0) is 18.6 Å². The smallest absolute Gasteiger partial charge is 0.157 e. The van der Waals surface area contributed by atoms with E-state index in [4.69, 9.17) is 0 Å². The second-order valence-electron chi connectivity index (χ2n) is 4.50. The van der Waals surface area contributed by atoms with Gasteiger partial charge in [0.05, 0.1) is 11.2 Å². The fourth-order valence-electron chi connectivity index (χ4n) is 2.11. The van der Waals surface area contributed by atoms with E-state index in [-0.39, 0.29) is 0 Å². The number of hydrogen-bond acceptors (Lipinski definition) is 5. The van der Waals surface area contributed by atoms with Crippen LogP contribution < -0.4 is 5.32 Å². The first-order valence-corrected chi connectivity index (χ1v) is 6.98. The fraction of sp³-hybridized carbons (Fsp3) is 0.308. The summed E-state index contributed by atoms with van der Waals surface area (Å²) in [4.78, 5) is 9.77. The molecule has 1 N–H and O–H groups in total. The molecule has 0 bridgehead atoms. The van der Waals surface area contributed by atoms with Crippen molar-refractivity contribution >= 4 is 22.4 Å². The SMILES string of the molecule is Cc1nn(C)c2ncc(CNCc3cncs3)cc12. The number of aryl methyl sites for hydroxylation is 2. The molecule has 0 spiro atoms. The Balaban J connectivity index is 1.73. The van der Waals surface area contributed by atoms with Crippen molar-refractivity contribution in [2.24, 2.45) is 7.05 Å². The third-order valence-electron chi connectivity index (χ3n) is 3.03. The van der Waals surface area contributed by atoms with Gasteiger partial charge in [-0.15, -0.1) is 11.3 Å². The fourth-order valence-corrected chi connectivity index (χ4v) is 2.67. The predicted octanol–water partition coefficient (Wildman–Crippen LogP) is 2.02. The maximum Gasteiger partial charge on any atom is 0.157 e. The van der Waals surface area contributed by atoms with E-state index in [0.29, 0.717) is 0 Å². The van der Waals surface area contributed by atoms with E-state index >= 15 is 0 Å². The number of aromatic nitrogens is 4. The third-order valence-corrected chi connectivity index (χ3v) is 3.81. The second kappa shape index (κ2) is 5.07. The minimum atomic E-state index is 0.801. The highest BCUT2D eigenvalue weighted by atomic mass is 32.1. The van der Waals surface area contributed by atoms with Crippen LogP contribution >= 0.6 is 11.3 Å². The molecule has 0 atom stereocenters. The maximum atomic E-state index is 4.47. The van der Waals surface area contributed by atoms with Crippen molar-refractivity contribution in [3.63, 3.8) is 0 Å². The molecule has 0 unspecified atom stereocenters. The molecule has 3 rings (SSSR count). The molecule has 3 aromatic heterocycles. The van der Waals surface area contributed by atoms with Crippen LogP contribution in [0.15, 0.2) is 24.0 Å². The van der Waals surface area contributed by atoms with E-state index in [9.17, 15) is 0 Å². The lowest BCUT2D eigenvalue weighted by Gasteiger charge is -2.03. The molecule has 0 aliphatic rings. The molecule has 6 heteroatoms. The normalized spacial score (nSPS) is 11.3. The van der Waals surface area contributed by atoms with Crippen molar-refractivity contribution in [3.05, 3.63) is 40.1 Å². The number of nitrogens with zero attached hydrogens (tertiary/aromatic N) is 4. The predicted molar refractivity (Wildman–Crippen MR) is 75.9 cm³/mol. The number of rotatable bonds is 4. The van der Waals surface area contributed by atoms with Crippen LogP contribution in [0.3, 0.4) is 0 Å². The van der Waals surface area contributed by atoms with Crippen LogP contribution in [0, 0.1) is 6.92 Å². The molecular formula is C13H15N5S. The Kier molecular flexibility index (Phi) is 3.27. The van der Waals surface area contributed by atoms with Crippen molar-refractivity contribution in [3.8, 4) is 0 Å². The van der Waals surface area contributed by atoms with Gasteiger partial charge in [-0.2, -0.15) is 5.10 Å². The van der Waals surface area contributed by atoms with E-state index in [0.717, 1.165) is 29.8 Å². The molecular weight excluding hydrogens is 258 g/mol. The van der Waals surface area contributed by atoms with Gasteiger partial charge in [0.25, 0.3) is 0 Å². The Labute approximate surface area is 115 Å². The first kappa shape index (κ1) is 12.3. The standard InChI is InChI=1S/C13H15N5S/c1-9-12-3-10(5-16-13(12)18(2)17-9)4-14-6-11-7-15-8-19-11/h3,5,7-8,14H,4,6H2,1-2H3. The third kappa shape index (κ3) is 2.50. The zero-order valence-electron chi connectivity index (χ0n) is 10.9. The highest BCUT2D eigenvalue weighted by molar-refractivity contribution is 7.09. The van der Waals surface area contributed by atoms with Gasteiger partial charge in [0.15, 0.2) is 5.65 Å². The van der Waals surface area contributed by atoms with Crippen LogP contribution in [-0.4, -0.2) is 19.7 Å². The van der Waals surface area contributed by atoms with E-state index in [1.165, 1.54) is 10.4 Å². The minimum Gasteiger partial charge on any atom is -0.308 e. The average Bonchev–Trinajstić information content (AvgIpc) is 3.00. The molecule has 0 saturated carbocycles. The van der Waals surface area contributed by atoms with Gasteiger partial charge in [0.1, 0.15) is 0 Å². The number of thiazole rings is 1. The van der Waals surface area contributed by atoms with Gasteiger partial charge in [-0.1, -0.05) is 0 Å². The Morgan fingerprint density at radius 2 is 2.21 bits per heavy atom. The van der Waals surface area contributed by atoms with Gasteiger partial charge >= 0.3 is 0 Å². The van der Waals surface area contributed by atoms with Crippen LogP contribution in [-0.2, 0) is 20.1 Å². The van der Waals surface area contributed by atoms with Crippen LogP contribution in [0.2, 0.25) is 0 Å². The Bertz CT molecular complexity index is 686. The highest BCUT2D eigenvalue weighted by Gasteiger charge is 2.06. The number of fused-ring (bicyclic) bond motifs is 1. The molecule has 0 fully saturated rings. The maximum absolute atomic E-state index is 4.47. The summed E-state index contributed by atoms with van der Waals surface area (Å²) < 4.78 is 1.82. The number of hydrogen-bond donors (Lipinski definition) is 1. The lowest BCUT2D eigenvalue weighted by atomic mass is 10.2. The Morgan fingerprint density at radius 1 is 1.32 bits per heavy atom. The van der Waals surface area contributed by atoms with Crippen molar-refractivity contribution < 1.29 is 0 Å². The zero-order chi connectivity index (χ0) is 13.2. The summed E-state index contributed by atoms with van der Waals surface area (Å²) in [5.74, 6) is 0. The van der Waals surface area contributed by atoms with Gasteiger partial charge in [-0.25, -0.2) is 4.98 Å². The molecule has 0 aliphatic heterocycles. The molecule has 5 nitrogen and oxygen atoms in total. The van der Waals surface area contributed by atoms with Crippen molar-refractivity contribution in [2.75, 3.05) is 0 Å². The van der Waals surface area contributed by atoms with Gasteiger partial charge in [0.2, 0.25) is 0 Å². The van der Waals surface area contributed by atoms with Gasteiger partial charge in [0, 0.05) is 42.8 Å². The Hall–Kier alpha value is -1.79. The Morgan fingerprint density at radius 3 is 3.00 bits per heavy atom. The quantitative estimate of drug-likeness (QED) is 0.790. The molecule has 98 valence electrons. The van der Waals surface area contributed by atoms with Crippen LogP contribution in [0.4, 0.5) is 0 Å². The summed E-state index contributed by atoms with van der Waals surface area (Å²) in [5, 5.41) is 8.90. The lowest BCUT2D eigenvalue weighted by molar-refractivity contribution is 0.698. The van der Waals surface area contributed by atoms with Crippen molar-refractivity contribution in [2.45, 2.75) is 20.0 Å². The van der Waals surface area contributed by atoms with Crippen LogP contribution in [0.1, 0.15) is 16.1 Å². The van der Waals surface area contributed by atoms with E-state index in [1.54, 1.807) is 11.3 Å². The van der Waals surface area contributed by atoms with E-state index in [1.807, 2.05) is 36.6 Å². The molecule has 19 heavy (non-hydrogen) atoms. The van der Waals surface area contributed by atoms with Crippen LogP contribution in [0.25, 0.3) is 11.0 Å². The van der Waals surface area contributed by atoms with Gasteiger partial charge in [-0.3, -0.25) is 9.67 Å². The zero-order valence-corrected chi connectivity index (χ0v) is 11.7. The molecule has 0 aliphatic carbocycles. The van der Waals surface area contributed by atoms with E-state index in [2.05, 4.69) is 26.4 Å². The van der Waals surface area contributed by atoms with Crippen molar-refractivity contribution in [1.29, 1.82) is 0 Å². The van der Waals surface area contributed by atoms with Crippen LogP contribution in [0.5, 0.6) is 0 Å². The average molecular weight is 273 g/mol. The summed E-state index contributed by atoms with van der Waals surface area (Å²) in [5.41, 5.74) is 4.98. The van der Waals surface area contributed by atoms with Gasteiger partial charge < -0.3 is 5.32 Å². The van der Waals surface area contributed by atoms with Crippen molar-refractivity contribution in [1.82, 2.24) is 25.1 Å². The molecule has 3 heterocycles. The number of nitrogens with one attached hydrogen (secondary N) is 1. The highest BCUT2D eigenvalue weighted by Crippen LogP contribution is 2.16. The second-order valence-corrected chi connectivity index (χ2v) is 5.47. The lowest BCUT2D eigenvalue weighted by Crippen LogP contribution is -2.12. The topological polar surface area (TPSA) is 55.6 Å². The first-order valence-electron chi connectivity index (χ1n) is 6.10. The largest absolute Gasteiger partial charge is 0.308 e. The first-order chi connectivity index (χ1) is 9.24. The summed E-state index contributed by atoms with van der Waals surface area (Å²) in [6.45, 7) is 3.66. The summed E-state index contributed by atoms with van der Waals surface area (Å²) >= 11 is 1.66. The number of pyridine rings is 1. The summed E-state index contributed by atoms with van der Waals surface area (Å²) in [6.07, 6.45) is 3.80. The molecule has 0 radical (unpaired) electrons. The molecule has 0 amide bonds. The molecule has 0 aromatic carbocycles. The molecule has 0 saturated heterocycles. The minimum absolute atomic E-state index is 0.801. The molecule has 3 aromatic rings. The summed E-state index contributed by atoms with van der Waals surface area (Å²) in [6, 6.07) is 2.16. The van der Waals surface area contributed by atoms with E-state index < -0.39 is 0 Å².